The minimum absolute atomic E-state index is 0.0706. The van der Waals surface area contributed by atoms with Crippen molar-refractivity contribution in [2.75, 3.05) is 11.5 Å². The number of halogens is 3. The van der Waals surface area contributed by atoms with Crippen LogP contribution in [-0.4, -0.2) is 23.7 Å². The Hall–Kier alpha value is -1.97. The number of urea groups is 1. The van der Waals surface area contributed by atoms with Crippen LogP contribution < -0.4 is 15.4 Å². The van der Waals surface area contributed by atoms with Crippen LogP contribution in [0.4, 0.5) is 19.4 Å². The third kappa shape index (κ3) is 2.31. The number of rotatable bonds is 2. The molecule has 2 N–H and O–H groups in total. The quantitative estimate of drug-likeness (QED) is 0.726. The van der Waals surface area contributed by atoms with E-state index in [9.17, 15) is 13.6 Å². The van der Waals surface area contributed by atoms with E-state index in [1.165, 1.54) is 4.90 Å². The Kier molecular flexibility index (Phi) is 3.59. The van der Waals surface area contributed by atoms with Crippen molar-refractivity contribution in [1.29, 1.82) is 0 Å². The molecular formula is C16H12F2IN3O2. The number of fused-ring (bicyclic) bond motifs is 3. The zero-order chi connectivity index (χ0) is 17.0. The average Bonchev–Trinajstić information content (AvgIpc) is 3.26. The average molecular weight is 443 g/mol. The van der Waals surface area contributed by atoms with Gasteiger partial charge in [-0.3, -0.25) is 4.90 Å². The Bertz CT molecular complexity index is 831. The minimum atomic E-state index is -0.679. The number of anilines is 1. The molecule has 0 radical (unpaired) electrons. The highest BCUT2D eigenvalue weighted by Gasteiger charge is 2.60. The number of hydrogen-bond donors (Lipinski definition) is 1. The number of hydrogen-bond acceptors (Lipinski definition) is 3. The van der Waals surface area contributed by atoms with E-state index in [0.29, 0.717) is 5.82 Å². The first-order valence-electron chi connectivity index (χ1n) is 7.30. The second-order valence-corrected chi connectivity index (χ2v) is 7.05. The summed E-state index contributed by atoms with van der Waals surface area (Å²) in [5.74, 6) is -1.31. The van der Waals surface area contributed by atoms with Crippen molar-refractivity contribution in [3.63, 3.8) is 0 Å². The van der Waals surface area contributed by atoms with Gasteiger partial charge in [0.1, 0.15) is 11.6 Å². The van der Waals surface area contributed by atoms with Crippen molar-refractivity contribution < 1.29 is 18.3 Å². The number of ether oxygens (including phenoxy) is 1. The molecule has 124 valence electrons. The maximum Gasteiger partial charge on any atom is 0.320 e. The number of carbonyl (C=O) groups excluding carboxylic acids is 1. The third-order valence-corrected chi connectivity index (χ3v) is 5.11. The molecule has 0 spiro atoms. The largest absolute Gasteiger partial charge is 0.490 e. The predicted molar refractivity (Wildman–Crippen MR) is 90.9 cm³/mol. The number of pyridine rings is 1. The standard InChI is InChI=1S/C16H12F2IN3O2/c17-9-2-3-10(18)15-13(9)12-8(6-24-15)14(12)22(16(20)23)11-4-1-7(19)5-21-11/h1-5,8,12,14H,6H2,(H2,20,23)/t8-,12-,14-/m1/s1. The van der Waals surface area contributed by atoms with Crippen molar-refractivity contribution in [2.45, 2.75) is 12.0 Å². The van der Waals surface area contributed by atoms with Gasteiger partial charge in [0.2, 0.25) is 0 Å². The van der Waals surface area contributed by atoms with Crippen LogP contribution in [0.15, 0.2) is 30.5 Å². The van der Waals surface area contributed by atoms with E-state index in [-0.39, 0.29) is 29.8 Å². The molecule has 1 aromatic carbocycles. The molecule has 1 aliphatic heterocycles. The molecule has 0 saturated heterocycles. The summed E-state index contributed by atoms with van der Waals surface area (Å²) in [6, 6.07) is 4.52. The monoisotopic (exact) mass is 443 g/mol. The fourth-order valence-corrected chi connectivity index (χ4v) is 3.72. The van der Waals surface area contributed by atoms with Gasteiger partial charge in [-0.25, -0.2) is 18.6 Å². The van der Waals surface area contributed by atoms with Crippen molar-refractivity contribution in [1.82, 2.24) is 4.98 Å². The van der Waals surface area contributed by atoms with Gasteiger partial charge in [0.15, 0.2) is 11.6 Å². The van der Waals surface area contributed by atoms with Gasteiger partial charge in [0.25, 0.3) is 0 Å². The highest BCUT2D eigenvalue weighted by Crippen LogP contribution is 2.58. The molecule has 4 rings (SSSR count). The van der Waals surface area contributed by atoms with Gasteiger partial charge in [-0.1, -0.05) is 0 Å². The van der Waals surface area contributed by atoms with Crippen LogP contribution in [0, 0.1) is 21.1 Å². The molecule has 1 saturated carbocycles. The summed E-state index contributed by atoms with van der Waals surface area (Å²) in [5, 5.41) is 0. The molecule has 0 bridgehead atoms. The van der Waals surface area contributed by atoms with E-state index in [4.69, 9.17) is 10.5 Å². The Morgan fingerprint density at radius 3 is 2.71 bits per heavy atom. The second kappa shape index (κ2) is 5.54. The van der Waals surface area contributed by atoms with Crippen molar-refractivity contribution in [2.24, 2.45) is 11.7 Å². The van der Waals surface area contributed by atoms with Crippen LogP contribution in [0.2, 0.25) is 0 Å². The second-order valence-electron chi connectivity index (χ2n) is 5.81. The van der Waals surface area contributed by atoms with Gasteiger partial charge in [-0.05, 0) is 46.9 Å². The van der Waals surface area contributed by atoms with Crippen LogP contribution in [0.3, 0.4) is 0 Å². The molecule has 2 heterocycles. The Balaban J connectivity index is 1.74. The molecule has 2 aromatic rings. The van der Waals surface area contributed by atoms with E-state index in [1.807, 2.05) is 0 Å². The van der Waals surface area contributed by atoms with Gasteiger partial charge < -0.3 is 10.5 Å². The predicted octanol–water partition coefficient (Wildman–Crippen LogP) is 3.02. The van der Waals surface area contributed by atoms with Crippen LogP contribution in [0.1, 0.15) is 11.5 Å². The molecule has 1 fully saturated rings. The van der Waals surface area contributed by atoms with Gasteiger partial charge >= 0.3 is 6.03 Å². The van der Waals surface area contributed by atoms with E-state index in [2.05, 4.69) is 27.6 Å². The van der Waals surface area contributed by atoms with Crippen molar-refractivity contribution in [3.8, 4) is 5.75 Å². The van der Waals surface area contributed by atoms with Crippen molar-refractivity contribution in [3.05, 3.63) is 51.2 Å². The van der Waals surface area contributed by atoms with Gasteiger partial charge in [-0.2, -0.15) is 0 Å². The zero-order valence-corrected chi connectivity index (χ0v) is 14.4. The fourth-order valence-electron chi connectivity index (χ4n) is 3.40. The van der Waals surface area contributed by atoms with Crippen LogP contribution in [-0.2, 0) is 0 Å². The molecule has 5 nitrogen and oxygen atoms in total. The maximum atomic E-state index is 14.2. The lowest BCUT2D eigenvalue weighted by Crippen LogP contribution is -2.39. The number of amides is 2. The topological polar surface area (TPSA) is 68.5 Å². The van der Waals surface area contributed by atoms with E-state index < -0.39 is 23.7 Å². The van der Waals surface area contributed by atoms with E-state index in [1.54, 1.807) is 18.3 Å². The molecule has 1 aromatic heterocycles. The molecule has 1 aliphatic carbocycles. The fraction of sp³-hybridized carbons (Fsp3) is 0.250. The zero-order valence-electron chi connectivity index (χ0n) is 12.2. The van der Waals surface area contributed by atoms with Crippen LogP contribution in [0.5, 0.6) is 5.75 Å². The van der Waals surface area contributed by atoms with E-state index >= 15 is 0 Å². The Labute approximate surface area is 149 Å². The first-order valence-corrected chi connectivity index (χ1v) is 8.38. The van der Waals surface area contributed by atoms with Crippen LogP contribution >= 0.6 is 22.6 Å². The number of benzene rings is 1. The van der Waals surface area contributed by atoms with E-state index in [0.717, 1.165) is 15.7 Å². The lowest BCUT2D eigenvalue weighted by molar-refractivity contribution is 0.250. The van der Waals surface area contributed by atoms with Gasteiger partial charge in [0, 0.05) is 27.2 Å². The number of nitrogens with zero attached hydrogens (tertiary/aromatic N) is 2. The highest BCUT2D eigenvalue weighted by atomic mass is 127. The molecule has 2 amide bonds. The normalized spacial score (nSPS) is 23.7. The Morgan fingerprint density at radius 2 is 2.04 bits per heavy atom. The van der Waals surface area contributed by atoms with Gasteiger partial charge in [0.05, 0.1) is 12.6 Å². The number of carbonyl (C=O) groups is 1. The molecule has 2 aliphatic rings. The number of nitrogens with two attached hydrogens (primary N) is 1. The minimum Gasteiger partial charge on any atom is -0.490 e. The molecular weight excluding hydrogens is 431 g/mol. The van der Waals surface area contributed by atoms with Gasteiger partial charge in [-0.15, -0.1) is 0 Å². The highest BCUT2D eigenvalue weighted by molar-refractivity contribution is 14.1. The lowest BCUT2D eigenvalue weighted by atomic mass is 10.0. The first-order chi connectivity index (χ1) is 11.5. The number of aromatic nitrogens is 1. The molecule has 8 heteroatoms. The SMILES string of the molecule is NC(=O)N(c1ccc(I)cn1)[C@@H]1[C@@H]2COc3c(F)ccc(F)c3[C@@H]21. The summed E-state index contributed by atoms with van der Waals surface area (Å²) in [6.45, 7) is 0.205. The summed E-state index contributed by atoms with van der Waals surface area (Å²) in [4.78, 5) is 17.5. The smallest absolute Gasteiger partial charge is 0.320 e. The molecule has 0 unspecified atom stereocenters. The first kappa shape index (κ1) is 15.6. The lowest BCUT2D eigenvalue weighted by Gasteiger charge is -2.20. The summed E-state index contributed by atoms with van der Waals surface area (Å²) in [6.07, 6.45) is 1.61. The molecule has 3 atom stereocenters. The maximum absolute atomic E-state index is 14.2. The third-order valence-electron chi connectivity index (χ3n) is 4.47. The molecule has 24 heavy (non-hydrogen) atoms. The van der Waals surface area contributed by atoms with Crippen molar-refractivity contribution >= 4 is 34.4 Å². The summed E-state index contributed by atoms with van der Waals surface area (Å²) >= 11 is 2.10. The number of primary amides is 1. The summed E-state index contributed by atoms with van der Waals surface area (Å²) in [7, 11) is 0. The summed E-state index contributed by atoms with van der Waals surface area (Å²) in [5.41, 5.74) is 5.70. The summed E-state index contributed by atoms with van der Waals surface area (Å²) < 4.78 is 34.4. The van der Waals surface area contributed by atoms with Crippen LogP contribution in [0.25, 0.3) is 0 Å². The Morgan fingerprint density at radius 1 is 1.29 bits per heavy atom.